The van der Waals surface area contributed by atoms with E-state index in [2.05, 4.69) is 6.58 Å². The van der Waals surface area contributed by atoms with Crippen molar-refractivity contribution < 1.29 is 24.2 Å². The molecule has 0 aliphatic carbocycles. The molecule has 0 spiro atoms. The van der Waals surface area contributed by atoms with Crippen molar-refractivity contribution >= 4 is 12.1 Å². The third-order valence-electron chi connectivity index (χ3n) is 2.46. The molecule has 1 heterocycles. The van der Waals surface area contributed by atoms with Crippen molar-refractivity contribution in [3.05, 3.63) is 12.7 Å². The zero-order valence-corrected chi connectivity index (χ0v) is 12.5. The van der Waals surface area contributed by atoms with Gasteiger partial charge in [-0.05, 0) is 20.8 Å². The van der Waals surface area contributed by atoms with Gasteiger partial charge < -0.3 is 25.2 Å². The van der Waals surface area contributed by atoms with Gasteiger partial charge in [0.2, 0.25) is 0 Å². The maximum absolute atomic E-state index is 10.5. The molecule has 2 unspecified atom stereocenters. The van der Waals surface area contributed by atoms with E-state index < -0.39 is 11.7 Å². The predicted octanol–water partition coefficient (Wildman–Crippen LogP) is 0.836. The van der Waals surface area contributed by atoms with Crippen LogP contribution in [-0.2, 0) is 14.3 Å². The Balaban J connectivity index is 0.000000370. The SMILES string of the molecule is C=CC(=O)OC(C)(C)C.COC1CN(C(=O)O)CC1N. The molecule has 0 aromatic carbocycles. The Morgan fingerprint density at radius 2 is 1.95 bits per heavy atom. The van der Waals surface area contributed by atoms with Gasteiger partial charge in [-0.2, -0.15) is 0 Å². The van der Waals surface area contributed by atoms with E-state index in [1.54, 1.807) is 0 Å². The van der Waals surface area contributed by atoms with Gasteiger partial charge in [0.05, 0.1) is 18.7 Å². The molecular weight excluding hydrogens is 264 g/mol. The van der Waals surface area contributed by atoms with E-state index in [0.717, 1.165) is 6.08 Å². The van der Waals surface area contributed by atoms with E-state index in [1.807, 2.05) is 20.8 Å². The number of nitrogens with zero attached hydrogens (tertiary/aromatic N) is 1. The molecular formula is C13H24N2O5. The third kappa shape index (κ3) is 7.10. The number of hydrogen-bond acceptors (Lipinski definition) is 5. The van der Waals surface area contributed by atoms with Crippen molar-refractivity contribution in [1.29, 1.82) is 0 Å². The fourth-order valence-electron chi connectivity index (χ4n) is 1.55. The molecule has 1 saturated heterocycles. The van der Waals surface area contributed by atoms with Gasteiger partial charge in [-0.15, -0.1) is 0 Å². The predicted molar refractivity (Wildman–Crippen MR) is 74.4 cm³/mol. The lowest BCUT2D eigenvalue weighted by Crippen LogP contribution is -2.34. The Morgan fingerprint density at radius 3 is 2.15 bits per heavy atom. The zero-order valence-electron chi connectivity index (χ0n) is 12.5. The van der Waals surface area contributed by atoms with Crippen LogP contribution in [0.3, 0.4) is 0 Å². The van der Waals surface area contributed by atoms with Gasteiger partial charge in [0.25, 0.3) is 0 Å². The molecule has 1 aliphatic heterocycles. The second-order valence-corrected chi connectivity index (χ2v) is 5.36. The molecule has 116 valence electrons. The first-order valence-corrected chi connectivity index (χ1v) is 6.22. The Kier molecular flexibility index (Phi) is 7.23. The Hall–Kier alpha value is -1.60. The highest BCUT2D eigenvalue weighted by Gasteiger charge is 2.32. The molecule has 1 aliphatic rings. The van der Waals surface area contributed by atoms with Crippen LogP contribution >= 0.6 is 0 Å². The smallest absolute Gasteiger partial charge is 0.407 e. The molecule has 1 rings (SSSR count). The fourth-order valence-corrected chi connectivity index (χ4v) is 1.55. The topological polar surface area (TPSA) is 102 Å². The third-order valence-corrected chi connectivity index (χ3v) is 2.46. The molecule has 20 heavy (non-hydrogen) atoms. The monoisotopic (exact) mass is 288 g/mol. The van der Waals surface area contributed by atoms with Crippen molar-refractivity contribution in [2.45, 2.75) is 38.5 Å². The number of amides is 1. The molecule has 0 saturated carbocycles. The summed E-state index contributed by atoms with van der Waals surface area (Å²) in [4.78, 5) is 22.2. The summed E-state index contributed by atoms with van der Waals surface area (Å²) in [5.41, 5.74) is 5.19. The average Bonchev–Trinajstić information content (AvgIpc) is 2.69. The van der Waals surface area contributed by atoms with Gasteiger partial charge in [-0.3, -0.25) is 0 Å². The Bertz CT molecular complexity index is 351. The molecule has 0 aromatic rings. The van der Waals surface area contributed by atoms with Crippen LogP contribution in [0.2, 0.25) is 0 Å². The van der Waals surface area contributed by atoms with Crippen LogP contribution in [0.5, 0.6) is 0 Å². The summed E-state index contributed by atoms with van der Waals surface area (Å²) in [5, 5.41) is 8.56. The van der Waals surface area contributed by atoms with E-state index in [0.29, 0.717) is 13.1 Å². The highest BCUT2D eigenvalue weighted by atomic mass is 16.6. The average molecular weight is 288 g/mol. The summed E-state index contributed by atoms with van der Waals surface area (Å²) < 4.78 is 9.80. The van der Waals surface area contributed by atoms with Gasteiger partial charge in [-0.25, -0.2) is 9.59 Å². The highest BCUT2D eigenvalue weighted by Crippen LogP contribution is 2.10. The maximum Gasteiger partial charge on any atom is 0.407 e. The number of esters is 1. The minimum Gasteiger partial charge on any atom is -0.465 e. The molecule has 0 radical (unpaired) electrons. The normalized spacial score (nSPS) is 21.8. The zero-order chi connectivity index (χ0) is 15.9. The summed E-state index contributed by atoms with van der Waals surface area (Å²) in [5.74, 6) is -0.373. The molecule has 1 amide bonds. The van der Waals surface area contributed by atoms with E-state index >= 15 is 0 Å². The first-order valence-electron chi connectivity index (χ1n) is 6.22. The van der Waals surface area contributed by atoms with Gasteiger partial charge in [0.1, 0.15) is 5.60 Å². The number of carbonyl (C=O) groups excluding carboxylic acids is 1. The van der Waals surface area contributed by atoms with Crippen molar-refractivity contribution in [3.8, 4) is 0 Å². The first-order chi connectivity index (χ1) is 9.10. The lowest BCUT2D eigenvalue weighted by Gasteiger charge is -2.17. The number of carboxylic acid groups (broad SMARTS) is 1. The van der Waals surface area contributed by atoms with Gasteiger partial charge in [0.15, 0.2) is 0 Å². The summed E-state index contributed by atoms with van der Waals surface area (Å²) in [6, 6.07) is -0.184. The molecule has 0 aromatic heterocycles. The van der Waals surface area contributed by atoms with Gasteiger partial charge in [-0.1, -0.05) is 6.58 Å². The fraction of sp³-hybridized carbons (Fsp3) is 0.692. The minimum atomic E-state index is -0.931. The molecule has 0 bridgehead atoms. The summed E-state index contributed by atoms with van der Waals surface area (Å²) in [6.45, 7) is 9.46. The number of ether oxygens (including phenoxy) is 2. The first kappa shape index (κ1) is 18.4. The van der Waals surface area contributed by atoms with Crippen molar-refractivity contribution in [2.24, 2.45) is 5.73 Å². The number of hydrogen-bond donors (Lipinski definition) is 2. The van der Waals surface area contributed by atoms with Crippen LogP contribution in [0.15, 0.2) is 12.7 Å². The van der Waals surface area contributed by atoms with Crippen molar-refractivity contribution in [1.82, 2.24) is 4.90 Å². The number of nitrogens with two attached hydrogens (primary N) is 1. The minimum absolute atomic E-state index is 0.147. The van der Waals surface area contributed by atoms with Gasteiger partial charge in [0, 0.05) is 19.7 Å². The molecule has 2 atom stereocenters. The molecule has 7 nitrogen and oxygen atoms in total. The molecule has 1 fully saturated rings. The second-order valence-electron chi connectivity index (χ2n) is 5.36. The van der Waals surface area contributed by atoms with Crippen LogP contribution in [0, 0.1) is 0 Å². The number of rotatable bonds is 2. The van der Waals surface area contributed by atoms with E-state index in [-0.39, 0.29) is 18.1 Å². The number of likely N-dealkylation sites (tertiary alicyclic amines) is 1. The largest absolute Gasteiger partial charge is 0.465 e. The Labute approximate surface area is 119 Å². The summed E-state index contributed by atoms with van der Waals surface area (Å²) in [7, 11) is 1.54. The van der Waals surface area contributed by atoms with E-state index in [9.17, 15) is 9.59 Å². The van der Waals surface area contributed by atoms with Crippen LogP contribution in [0.25, 0.3) is 0 Å². The van der Waals surface area contributed by atoms with Crippen molar-refractivity contribution in [3.63, 3.8) is 0 Å². The standard InChI is InChI=1S/C7H12O2.C6H12N2O3/c1-5-6(8)9-7(2,3)4;1-11-5-3-8(6(9)10)2-4(5)7/h5H,1H2,2-4H3;4-5H,2-3,7H2,1H3,(H,9,10). The van der Waals surface area contributed by atoms with Crippen LogP contribution in [-0.4, -0.2) is 60.0 Å². The Morgan fingerprint density at radius 1 is 1.40 bits per heavy atom. The molecule has 3 N–H and O–H groups in total. The number of methoxy groups -OCH3 is 1. The lowest BCUT2D eigenvalue weighted by molar-refractivity contribution is -0.148. The molecule has 7 heteroatoms. The maximum atomic E-state index is 10.5. The van der Waals surface area contributed by atoms with Gasteiger partial charge >= 0.3 is 12.1 Å². The quantitative estimate of drug-likeness (QED) is 0.576. The van der Waals surface area contributed by atoms with Crippen molar-refractivity contribution in [2.75, 3.05) is 20.2 Å². The van der Waals surface area contributed by atoms with Crippen LogP contribution in [0.4, 0.5) is 4.79 Å². The summed E-state index contributed by atoms with van der Waals surface area (Å²) in [6.07, 6.45) is 0.0803. The highest BCUT2D eigenvalue weighted by molar-refractivity contribution is 5.81. The van der Waals surface area contributed by atoms with Crippen LogP contribution in [0.1, 0.15) is 20.8 Å². The second kappa shape index (κ2) is 7.86. The lowest BCUT2D eigenvalue weighted by atomic mass is 10.2. The summed E-state index contributed by atoms with van der Waals surface area (Å²) >= 11 is 0. The number of carbonyl (C=O) groups is 2. The van der Waals surface area contributed by atoms with Crippen LogP contribution < -0.4 is 5.73 Å². The van der Waals surface area contributed by atoms with E-state index in [1.165, 1.54) is 12.0 Å². The van der Waals surface area contributed by atoms with E-state index in [4.69, 9.17) is 20.3 Å².